The predicted molar refractivity (Wildman–Crippen MR) is 89.4 cm³/mol. The monoisotopic (exact) mass is 289 g/mol. The minimum Gasteiger partial charge on any atom is -0.295 e. The van der Waals surface area contributed by atoms with Gasteiger partial charge in [-0.05, 0) is 43.3 Å². The number of nitrogens with one attached hydrogen (secondary N) is 1. The van der Waals surface area contributed by atoms with E-state index in [9.17, 15) is 4.79 Å². The van der Waals surface area contributed by atoms with Crippen molar-refractivity contribution in [2.45, 2.75) is 6.92 Å². The molecule has 4 nitrogen and oxygen atoms in total. The molecule has 0 aliphatic carbocycles. The average Bonchev–Trinajstić information content (AvgIpc) is 2.55. The molecule has 22 heavy (non-hydrogen) atoms. The first-order chi connectivity index (χ1) is 10.7. The smallest absolute Gasteiger partial charge is 0.159 e. The number of carbonyl (C=O) groups is 1. The second kappa shape index (κ2) is 6.18. The number of hydrogen-bond donors (Lipinski definition) is 1. The molecule has 3 rings (SSSR count). The Bertz CT molecular complexity index is 838. The molecular weight excluding hydrogens is 274 g/mol. The van der Waals surface area contributed by atoms with Gasteiger partial charge in [-0.15, -0.1) is 0 Å². The van der Waals surface area contributed by atoms with Crippen LogP contribution in [0.2, 0.25) is 0 Å². The van der Waals surface area contributed by atoms with Gasteiger partial charge < -0.3 is 0 Å². The summed E-state index contributed by atoms with van der Waals surface area (Å²) in [5.41, 5.74) is 6.16. The molecule has 0 aliphatic heterocycles. The molecule has 0 amide bonds. The lowest BCUT2D eigenvalue weighted by atomic mass is 10.1. The lowest BCUT2D eigenvalue weighted by molar-refractivity contribution is 0.101. The van der Waals surface area contributed by atoms with Crippen LogP contribution in [0.3, 0.4) is 0 Å². The highest BCUT2D eigenvalue weighted by atomic mass is 16.1. The van der Waals surface area contributed by atoms with Crippen LogP contribution in [0, 0.1) is 0 Å². The van der Waals surface area contributed by atoms with Crippen LogP contribution in [0.15, 0.2) is 65.8 Å². The molecule has 0 fully saturated rings. The summed E-state index contributed by atoms with van der Waals surface area (Å²) in [6, 6.07) is 19.1. The zero-order valence-corrected chi connectivity index (χ0v) is 12.2. The number of benzene rings is 2. The predicted octanol–water partition coefficient (Wildman–Crippen LogP) is 3.88. The summed E-state index contributed by atoms with van der Waals surface area (Å²) in [7, 11) is 0. The molecule has 0 unspecified atom stereocenters. The molecule has 0 aliphatic rings. The lowest BCUT2D eigenvalue weighted by Gasteiger charge is -2.01. The SMILES string of the molecule is CC(=O)c1ccc(N/N=C/c2ccc3ccccc3n2)cc1. The number of hydrogen-bond acceptors (Lipinski definition) is 4. The molecule has 0 bridgehead atoms. The summed E-state index contributed by atoms with van der Waals surface area (Å²) < 4.78 is 0. The molecule has 0 spiro atoms. The van der Waals surface area contributed by atoms with Crippen molar-refractivity contribution in [2.24, 2.45) is 5.10 Å². The third kappa shape index (κ3) is 3.17. The van der Waals surface area contributed by atoms with Crippen LogP contribution in [0.5, 0.6) is 0 Å². The standard InChI is InChI=1S/C18H15N3O/c1-13(22)14-6-9-16(10-7-14)21-19-12-17-11-8-15-4-2-3-5-18(15)20-17/h2-12,21H,1H3/b19-12+. The number of aromatic nitrogens is 1. The highest BCUT2D eigenvalue weighted by Gasteiger charge is 1.98. The molecular formula is C18H15N3O. The van der Waals surface area contributed by atoms with Crippen LogP contribution >= 0.6 is 0 Å². The van der Waals surface area contributed by atoms with Crippen LogP contribution in [-0.2, 0) is 0 Å². The zero-order chi connectivity index (χ0) is 15.4. The third-order valence-corrected chi connectivity index (χ3v) is 3.30. The summed E-state index contributed by atoms with van der Waals surface area (Å²) >= 11 is 0. The van der Waals surface area contributed by atoms with Gasteiger partial charge in [0.15, 0.2) is 5.78 Å². The molecule has 108 valence electrons. The maximum absolute atomic E-state index is 11.2. The van der Waals surface area contributed by atoms with Crippen LogP contribution in [0.1, 0.15) is 23.0 Å². The van der Waals surface area contributed by atoms with Gasteiger partial charge in [-0.1, -0.05) is 24.3 Å². The van der Waals surface area contributed by atoms with E-state index in [1.54, 1.807) is 25.3 Å². The molecule has 1 N–H and O–H groups in total. The van der Waals surface area contributed by atoms with Crippen LogP contribution in [-0.4, -0.2) is 17.0 Å². The number of nitrogens with zero attached hydrogens (tertiary/aromatic N) is 2. The highest BCUT2D eigenvalue weighted by molar-refractivity contribution is 5.94. The van der Waals surface area contributed by atoms with Crippen molar-refractivity contribution < 1.29 is 4.79 Å². The fraction of sp³-hybridized carbons (Fsp3) is 0.0556. The van der Waals surface area contributed by atoms with E-state index in [-0.39, 0.29) is 5.78 Å². The topological polar surface area (TPSA) is 54.4 Å². The lowest BCUT2D eigenvalue weighted by Crippen LogP contribution is -1.95. The van der Waals surface area contributed by atoms with Crippen molar-refractivity contribution in [1.82, 2.24) is 4.98 Å². The van der Waals surface area contributed by atoms with Crippen LogP contribution < -0.4 is 5.43 Å². The summed E-state index contributed by atoms with van der Waals surface area (Å²) in [4.78, 5) is 15.7. The average molecular weight is 289 g/mol. The minimum atomic E-state index is 0.0513. The van der Waals surface area contributed by atoms with E-state index >= 15 is 0 Å². The first-order valence-corrected chi connectivity index (χ1v) is 6.98. The van der Waals surface area contributed by atoms with Gasteiger partial charge >= 0.3 is 0 Å². The van der Waals surface area contributed by atoms with E-state index < -0.39 is 0 Å². The number of pyridine rings is 1. The molecule has 0 saturated heterocycles. The van der Waals surface area contributed by atoms with Crippen LogP contribution in [0.4, 0.5) is 5.69 Å². The maximum Gasteiger partial charge on any atom is 0.159 e. The van der Waals surface area contributed by atoms with Crippen molar-refractivity contribution >= 4 is 28.6 Å². The Morgan fingerprint density at radius 3 is 2.59 bits per heavy atom. The Hall–Kier alpha value is -3.01. The number of ketones is 1. The van der Waals surface area contributed by atoms with Gasteiger partial charge in [0.2, 0.25) is 0 Å². The van der Waals surface area contributed by atoms with Crippen LogP contribution in [0.25, 0.3) is 10.9 Å². The zero-order valence-electron chi connectivity index (χ0n) is 12.2. The highest BCUT2D eigenvalue weighted by Crippen LogP contribution is 2.12. The van der Waals surface area contributed by atoms with Crippen molar-refractivity contribution in [3.05, 3.63) is 71.9 Å². The fourth-order valence-corrected chi connectivity index (χ4v) is 2.11. The minimum absolute atomic E-state index is 0.0513. The Balaban J connectivity index is 1.71. The van der Waals surface area contributed by atoms with E-state index in [0.29, 0.717) is 5.56 Å². The first kappa shape index (κ1) is 13.9. The molecule has 1 heterocycles. The summed E-state index contributed by atoms with van der Waals surface area (Å²) in [5, 5.41) is 5.27. The third-order valence-electron chi connectivity index (χ3n) is 3.30. The van der Waals surface area contributed by atoms with Gasteiger partial charge in [0.1, 0.15) is 0 Å². The summed E-state index contributed by atoms with van der Waals surface area (Å²) in [6.45, 7) is 1.55. The van der Waals surface area contributed by atoms with Gasteiger partial charge in [0, 0.05) is 10.9 Å². The summed E-state index contributed by atoms with van der Waals surface area (Å²) in [6.07, 6.45) is 1.67. The molecule has 0 radical (unpaired) electrons. The van der Waals surface area contributed by atoms with E-state index in [2.05, 4.69) is 15.5 Å². The van der Waals surface area contributed by atoms with Crippen molar-refractivity contribution in [1.29, 1.82) is 0 Å². The Kier molecular flexibility index (Phi) is 3.92. The number of para-hydroxylation sites is 1. The fourth-order valence-electron chi connectivity index (χ4n) is 2.11. The molecule has 1 aromatic heterocycles. The number of Topliss-reactive ketones (excluding diaryl/α,β-unsaturated/α-hetero) is 1. The van der Waals surface area contributed by atoms with Gasteiger partial charge in [-0.2, -0.15) is 5.10 Å². The number of carbonyl (C=O) groups excluding carboxylic acids is 1. The number of hydrazone groups is 1. The molecule has 3 aromatic rings. The van der Waals surface area contributed by atoms with Gasteiger partial charge in [-0.3, -0.25) is 10.2 Å². The van der Waals surface area contributed by atoms with Gasteiger partial charge in [-0.25, -0.2) is 4.98 Å². The first-order valence-electron chi connectivity index (χ1n) is 6.98. The Labute approximate surface area is 128 Å². The maximum atomic E-state index is 11.2. The normalized spacial score (nSPS) is 11.0. The Morgan fingerprint density at radius 2 is 1.82 bits per heavy atom. The van der Waals surface area contributed by atoms with Crippen molar-refractivity contribution in [3.63, 3.8) is 0 Å². The number of fused-ring (bicyclic) bond motifs is 1. The molecule has 0 saturated carbocycles. The Morgan fingerprint density at radius 1 is 1.05 bits per heavy atom. The van der Waals surface area contributed by atoms with Crippen molar-refractivity contribution in [2.75, 3.05) is 5.43 Å². The largest absolute Gasteiger partial charge is 0.295 e. The van der Waals surface area contributed by atoms with Gasteiger partial charge in [0.05, 0.1) is 23.1 Å². The number of anilines is 1. The quantitative estimate of drug-likeness (QED) is 0.450. The summed E-state index contributed by atoms with van der Waals surface area (Å²) in [5.74, 6) is 0.0513. The number of rotatable bonds is 4. The van der Waals surface area contributed by atoms with E-state index in [4.69, 9.17) is 0 Å². The van der Waals surface area contributed by atoms with Gasteiger partial charge in [0.25, 0.3) is 0 Å². The van der Waals surface area contributed by atoms with Crippen molar-refractivity contribution in [3.8, 4) is 0 Å². The molecule has 4 heteroatoms. The van der Waals surface area contributed by atoms with E-state index in [1.807, 2.05) is 48.5 Å². The second-order valence-electron chi connectivity index (χ2n) is 4.93. The second-order valence-corrected chi connectivity index (χ2v) is 4.93. The van der Waals surface area contributed by atoms with E-state index in [1.165, 1.54) is 0 Å². The molecule has 0 atom stereocenters. The van der Waals surface area contributed by atoms with E-state index in [0.717, 1.165) is 22.3 Å². The molecule has 2 aromatic carbocycles.